The van der Waals surface area contributed by atoms with Gasteiger partial charge < -0.3 is 8.83 Å². The van der Waals surface area contributed by atoms with Crippen molar-refractivity contribution >= 4 is 33.0 Å². The van der Waals surface area contributed by atoms with Gasteiger partial charge in [-0.3, -0.25) is 0 Å². The van der Waals surface area contributed by atoms with Crippen molar-refractivity contribution in [2.75, 3.05) is 0 Å². The third kappa shape index (κ3) is 4.43. The number of aromatic nitrogens is 4. The van der Waals surface area contributed by atoms with E-state index in [0.29, 0.717) is 28.9 Å². The van der Waals surface area contributed by atoms with Crippen LogP contribution in [-0.2, 0) is 0 Å². The van der Waals surface area contributed by atoms with Crippen LogP contribution in [0.4, 0.5) is 0 Å². The van der Waals surface area contributed by atoms with Crippen molar-refractivity contribution in [2.45, 2.75) is 0 Å². The van der Waals surface area contributed by atoms with Crippen LogP contribution in [0.5, 0.6) is 0 Å². The summed E-state index contributed by atoms with van der Waals surface area (Å²) in [7, 11) is 0. The molecule has 9 rings (SSSR count). The monoisotopic (exact) mass is 592 g/mol. The lowest BCUT2D eigenvalue weighted by atomic mass is 9.99. The van der Waals surface area contributed by atoms with E-state index in [0.717, 1.165) is 60.8 Å². The van der Waals surface area contributed by atoms with Gasteiger partial charge in [0.05, 0.1) is 5.56 Å². The minimum absolute atomic E-state index is 0.567. The molecule has 0 aliphatic carbocycles. The van der Waals surface area contributed by atoms with Crippen LogP contribution in [0.25, 0.3) is 89.8 Å². The second-order valence-corrected chi connectivity index (χ2v) is 11.1. The number of hydrogen-bond donors (Lipinski definition) is 0. The van der Waals surface area contributed by atoms with Crippen LogP contribution in [-0.4, -0.2) is 19.9 Å². The second-order valence-electron chi connectivity index (χ2n) is 11.1. The predicted molar refractivity (Wildman–Crippen MR) is 182 cm³/mol. The van der Waals surface area contributed by atoms with Gasteiger partial charge in [-0.15, -0.1) is 0 Å². The first-order chi connectivity index (χ1) is 22.8. The van der Waals surface area contributed by atoms with E-state index in [-0.39, 0.29) is 0 Å². The zero-order valence-corrected chi connectivity index (χ0v) is 24.5. The molecule has 0 spiro atoms. The summed E-state index contributed by atoms with van der Waals surface area (Å²) < 4.78 is 13.0. The Morgan fingerprint density at radius 3 is 1.48 bits per heavy atom. The number of rotatable bonds is 5. The molecular weight excluding hydrogens is 568 g/mol. The maximum absolute atomic E-state index is 6.48. The number of benzene rings is 6. The maximum Gasteiger partial charge on any atom is 0.227 e. The lowest BCUT2D eigenvalue weighted by molar-refractivity contribution is 0.619. The summed E-state index contributed by atoms with van der Waals surface area (Å²) in [6.45, 7) is 0. The lowest BCUT2D eigenvalue weighted by Crippen LogP contribution is -2.00. The zero-order chi connectivity index (χ0) is 30.5. The van der Waals surface area contributed by atoms with Crippen LogP contribution in [0.2, 0.25) is 0 Å². The highest BCUT2D eigenvalue weighted by Crippen LogP contribution is 2.42. The van der Waals surface area contributed by atoms with Crippen LogP contribution in [0, 0.1) is 0 Å². The number of nitrogens with zero attached hydrogens (tertiary/aromatic N) is 4. The Morgan fingerprint density at radius 2 is 0.870 bits per heavy atom. The summed E-state index contributed by atoms with van der Waals surface area (Å²) in [6.07, 6.45) is 0. The van der Waals surface area contributed by atoms with Crippen molar-refractivity contribution in [2.24, 2.45) is 0 Å². The van der Waals surface area contributed by atoms with Gasteiger partial charge in [-0.2, -0.15) is 0 Å². The van der Waals surface area contributed by atoms with E-state index < -0.39 is 0 Å². The molecule has 0 radical (unpaired) electrons. The molecule has 6 heteroatoms. The van der Waals surface area contributed by atoms with E-state index in [1.807, 2.05) is 121 Å². The molecule has 0 N–H and O–H groups in total. The largest absolute Gasteiger partial charge is 0.455 e. The molecular formula is C40H24N4O2. The Morgan fingerprint density at radius 1 is 0.370 bits per heavy atom. The highest BCUT2D eigenvalue weighted by Gasteiger charge is 2.22. The Balaban J connectivity index is 1.22. The molecule has 46 heavy (non-hydrogen) atoms. The predicted octanol–water partition coefficient (Wildman–Crippen LogP) is 10.2. The van der Waals surface area contributed by atoms with Crippen LogP contribution >= 0.6 is 0 Å². The number of fused-ring (bicyclic) bond motifs is 4. The first-order valence-electron chi connectivity index (χ1n) is 15.1. The van der Waals surface area contributed by atoms with Crippen LogP contribution in [0.3, 0.4) is 0 Å². The molecule has 0 unspecified atom stereocenters. The van der Waals surface area contributed by atoms with Crippen molar-refractivity contribution in [1.29, 1.82) is 0 Å². The Labute approximate surface area is 263 Å². The quantitative estimate of drug-likeness (QED) is 0.198. The van der Waals surface area contributed by atoms with Crippen molar-refractivity contribution < 1.29 is 8.83 Å². The lowest BCUT2D eigenvalue weighted by Gasteiger charge is -2.09. The fourth-order valence-corrected chi connectivity index (χ4v) is 5.93. The third-order valence-corrected chi connectivity index (χ3v) is 8.17. The normalized spacial score (nSPS) is 11.5. The molecule has 3 aromatic heterocycles. The van der Waals surface area contributed by atoms with Crippen molar-refractivity contribution in [1.82, 2.24) is 19.9 Å². The summed E-state index contributed by atoms with van der Waals surface area (Å²) in [6, 6.07) is 48.3. The molecule has 0 atom stereocenters. The fraction of sp³-hybridized carbons (Fsp3) is 0. The van der Waals surface area contributed by atoms with E-state index in [9.17, 15) is 0 Å². The summed E-state index contributed by atoms with van der Waals surface area (Å²) >= 11 is 0. The number of oxazole rings is 1. The van der Waals surface area contributed by atoms with E-state index in [2.05, 4.69) is 24.3 Å². The Hall–Kier alpha value is -6.40. The van der Waals surface area contributed by atoms with Crippen LogP contribution in [0.15, 0.2) is 154 Å². The highest BCUT2D eigenvalue weighted by molar-refractivity contribution is 6.16. The smallest absolute Gasteiger partial charge is 0.227 e. The Bertz CT molecular complexity index is 2450. The number of furan rings is 1. The summed E-state index contributed by atoms with van der Waals surface area (Å²) in [4.78, 5) is 19.5. The third-order valence-electron chi connectivity index (χ3n) is 8.17. The molecule has 216 valence electrons. The maximum atomic E-state index is 6.48. The summed E-state index contributed by atoms with van der Waals surface area (Å²) in [5.41, 5.74) is 8.47. The molecule has 3 heterocycles. The first kappa shape index (κ1) is 26.0. The topological polar surface area (TPSA) is 77.8 Å². The fourth-order valence-electron chi connectivity index (χ4n) is 5.93. The summed E-state index contributed by atoms with van der Waals surface area (Å²) in [5, 5.41) is 2.03. The first-order valence-corrected chi connectivity index (χ1v) is 15.1. The molecule has 0 fully saturated rings. The standard InChI is InChI=1S/C40H24N4O2/c1-4-12-26(13-5-1)37-42-38(27-14-6-2-7-15-27)44-39(43-37)28-22-20-25(21-23-28)34-35-31(30-18-10-11-19-33(30)45-35)24-32-36(34)46-40(41-32)29-16-8-3-9-17-29/h1-24H. The highest BCUT2D eigenvalue weighted by atomic mass is 16.4. The number of hydrogen-bond acceptors (Lipinski definition) is 6. The van der Waals surface area contributed by atoms with Gasteiger partial charge >= 0.3 is 0 Å². The zero-order valence-electron chi connectivity index (χ0n) is 24.5. The van der Waals surface area contributed by atoms with Gasteiger partial charge in [0.2, 0.25) is 5.89 Å². The van der Waals surface area contributed by atoms with Crippen molar-refractivity contribution in [3.05, 3.63) is 146 Å². The van der Waals surface area contributed by atoms with Gasteiger partial charge in [-0.25, -0.2) is 19.9 Å². The molecule has 0 aliphatic heterocycles. The molecule has 6 nitrogen and oxygen atoms in total. The average molecular weight is 593 g/mol. The number of para-hydroxylation sites is 1. The van der Waals surface area contributed by atoms with E-state index in [1.165, 1.54) is 0 Å². The van der Waals surface area contributed by atoms with Gasteiger partial charge in [0.1, 0.15) is 16.7 Å². The molecule has 6 aromatic carbocycles. The van der Waals surface area contributed by atoms with Gasteiger partial charge in [-0.1, -0.05) is 121 Å². The minimum Gasteiger partial charge on any atom is -0.455 e. The van der Waals surface area contributed by atoms with E-state index >= 15 is 0 Å². The van der Waals surface area contributed by atoms with Crippen molar-refractivity contribution in [3.8, 4) is 56.7 Å². The van der Waals surface area contributed by atoms with Gasteiger partial charge in [0, 0.05) is 33.0 Å². The molecule has 0 amide bonds. The molecule has 0 bridgehead atoms. The van der Waals surface area contributed by atoms with Gasteiger partial charge in [0.25, 0.3) is 0 Å². The van der Waals surface area contributed by atoms with Gasteiger partial charge in [0.15, 0.2) is 23.1 Å². The van der Waals surface area contributed by atoms with Gasteiger partial charge in [-0.05, 0) is 29.8 Å². The minimum atomic E-state index is 0.567. The molecule has 0 aliphatic rings. The molecule has 0 saturated carbocycles. The van der Waals surface area contributed by atoms with Crippen LogP contribution < -0.4 is 0 Å². The second kappa shape index (κ2) is 10.6. The summed E-state index contributed by atoms with van der Waals surface area (Å²) in [5.74, 6) is 2.41. The van der Waals surface area contributed by atoms with Crippen molar-refractivity contribution in [3.63, 3.8) is 0 Å². The van der Waals surface area contributed by atoms with Crippen LogP contribution in [0.1, 0.15) is 0 Å². The Kier molecular flexibility index (Phi) is 6.03. The SMILES string of the molecule is c1ccc(-c2nc(-c3ccccc3)nc(-c3ccc(-c4c5oc(-c6ccccc6)nc5cc5c4oc4ccccc45)cc3)n2)cc1. The molecule has 0 saturated heterocycles. The molecule has 9 aromatic rings. The van der Waals surface area contributed by atoms with E-state index in [4.69, 9.17) is 28.8 Å². The van der Waals surface area contributed by atoms with E-state index in [1.54, 1.807) is 0 Å². The average Bonchev–Trinajstić information content (AvgIpc) is 3.73.